The maximum absolute atomic E-state index is 12.7. The van der Waals surface area contributed by atoms with Gasteiger partial charge in [0.1, 0.15) is 0 Å². The number of carbonyl (C=O) groups is 1. The Morgan fingerprint density at radius 2 is 2.08 bits per heavy atom. The van der Waals surface area contributed by atoms with Gasteiger partial charge >= 0.3 is 0 Å². The number of amides is 1. The van der Waals surface area contributed by atoms with Gasteiger partial charge in [-0.05, 0) is 62.5 Å². The molecule has 3 rings (SSSR count). The number of aromatic amines is 1. The fourth-order valence-electron chi connectivity index (χ4n) is 3.34. The molecule has 1 aliphatic rings. The first kappa shape index (κ1) is 16.7. The van der Waals surface area contributed by atoms with E-state index < -0.39 is 0 Å². The number of aromatic nitrogens is 2. The standard InChI is InChI=1S/C19H26N4O/c1-13-10-15-12-20-22-18(15)17(11-13)19(24)21-16-6-4-14(5-7-16)8-9-23(2)3/h4-7,12-13,17H,8-11H2,1-3H3,(H,20,22)(H,21,24). The molecule has 128 valence electrons. The van der Waals surface area contributed by atoms with Crippen LogP contribution in [0.5, 0.6) is 0 Å². The minimum Gasteiger partial charge on any atom is -0.326 e. The molecule has 0 fully saturated rings. The average Bonchev–Trinajstić information content (AvgIpc) is 3.01. The molecule has 0 radical (unpaired) electrons. The maximum Gasteiger partial charge on any atom is 0.233 e. The first-order valence-electron chi connectivity index (χ1n) is 8.59. The van der Waals surface area contributed by atoms with Crippen molar-refractivity contribution in [3.8, 4) is 0 Å². The van der Waals surface area contributed by atoms with Gasteiger partial charge in [-0.15, -0.1) is 0 Å². The third-order valence-corrected chi connectivity index (χ3v) is 4.69. The summed E-state index contributed by atoms with van der Waals surface area (Å²) in [5.74, 6) is 0.409. The van der Waals surface area contributed by atoms with Crippen molar-refractivity contribution in [2.24, 2.45) is 5.92 Å². The van der Waals surface area contributed by atoms with Crippen LogP contribution in [0, 0.1) is 5.92 Å². The van der Waals surface area contributed by atoms with Crippen LogP contribution in [0.3, 0.4) is 0 Å². The van der Waals surface area contributed by atoms with Crippen LogP contribution >= 0.6 is 0 Å². The van der Waals surface area contributed by atoms with E-state index in [1.54, 1.807) is 0 Å². The van der Waals surface area contributed by atoms with E-state index in [4.69, 9.17) is 0 Å². The summed E-state index contributed by atoms with van der Waals surface area (Å²) in [5.41, 5.74) is 4.29. The van der Waals surface area contributed by atoms with Crippen molar-refractivity contribution in [3.05, 3.63) is 47.3 Å². The van der Waals surface area contributed by atoms with E-state index in [0.29, 0.717) is 5.92 Å². The molecule has 1 aliphatic carbocycles. The predicted octanol–water partition coefficient (Wildman–Crippen LogP) is 2.82. The summed E-state index contributed by atoms with van der Waals surface area (Å²) in [7, 11) is 4.15. The van der Waals surface area contributed by atoms with E-state index in [-0.39, 0.29) is 11.8 Å². The summed E-state index contributed by atoms with van der Waals surface area (Å²) in [6.45, 7) is 3.21. The highest BCUT2D eigenvalue weighted by Gasteiger charge is 2.31. The van der Waals surface area contributed by atoms with E-state index in [2.05, 4.69) is 53.6 Å². The summed E-state index contributed by atoms with van der Waals surface area (Å²) in [5, 5.41) is 10.2. The highest BCUT2D eigenvalue weighted by Crippen LogP contribution is 2.34. The summed E-state index contributed by atoms with van der Waals surface area (Å²) in [6, 6.07) is 8.15. The Morgan fingerprint density at radius 3 is 2.79 bits per heavy atom. The zero-order chi connectivity index (χ0) is 17.1. The lowest BCUT2D eigenvalue weighted by Crippen LogP contribution is -2.27. The van der Waals surface area contributed by atoms with Crippen LogP contribution in [-0.2, 0) is 17.6 Å². The highest BCUT2D eigenvalue weighted by atomic mass is 16.1. The Kier molecular flexibility index (Phi) is 5.00. The lowest BCUT2D eigenvalue weighted by Gasteiger charge is -2.25. The Bertz CT molecular complexity index is 690. The molecular formula is C19H26N4O. The highest BCUT2D eigenvalue weighted by molar-refractivity contribution is 5.95. The minimum atomic E-state index is -0.139. The molecule has 24 heavy (non-hydrogen) atoms. The van der Waals surface area contributed by atoms with E-state index >= 15 is 0 Å². The zero-order valence-electron chi connectivity index (χ0n) is 14.7. The Labute approximate surface area is 143 Å². The number of nitrogens with zero attached hydrogens (tertiary/aromatic N) is 2. The van der Waals surface area contributed by atoms with E-state index in [1.165, 1.54) is 11.1 Å². The lowest BCUT2D eigenvalue weighted by molar-refractivity contribution is -0.118. The van der Waals surface area contributed by atoms with Crippen molar-refractivity contribution in [2.45, 2.75) is 32.1 Å². The molecule has 2 unspecified atom stereocenters. The molecule has 0 aliphatic heterocycles. The number of hydrogen-bond donors (Lipinski definition) is 2. The predicted molar refractivity (Wildman–Crippen MR) is 96.1 cm³/mol. The molecule has 2 aromatic rings. The SMILES string of the molecule is CC1Cc2cn[nH]c2C(C(=O)Nc2ccc(CCN(C)C)cc2)C1. The Hall–Kier alpha value is -2.14. The second-order valence-electron chi connectivity index (χ2n) is 7.15. The number of hydrogen-bond acceptors (Lipinski definition) is 3. The number of likely N-dealkylation sites (N-methyl/N-ethyl adjacent to an activating group) is 1. The van der Waals surface area contributed by atoms with E-state index in [9.17, 15) is 4.79 Å². The molecule has 5 heteroatoms. The van der Waals surface area contributed by atoms with Crippen LogP contribution in [0.4, 0.5) is 5.69 Å². The minimum absolute atomic E-state index is 0.0492. The molecule has 5 nitrogen and oxygen atoms in total. The molecule has 0 spiro atoms. The molecule has 2 atom stereocenters. The van der Waals surface area contributed by atoms with Crippen LogP contribution in [-0.4, -0.2) is 41.6 Å². The zero-order valence-corrected chi connectivity index (χ0v) is 14.7. The van der Waals surface area contributed by atoms with Gasteiger partial charge in [-0.3, -0.25) is 9.89 Å². The molecule has 0 bridgehead atoms. The van der Waals surface area contributed by atoms with Crippen molar-refractivity contribution in [1.82, 2.24) is 15.1 Å². The topological polar surface area (TPSA) is 61.0 Å². The van der Waals surface area contributed by atoms with Crippen LogP contribution in [0.1, 0.15) is 36.1 Å². The maximum atomic E-state index is 12.7. The third-order valence-electron chi connectivity index (χ3n) is 4.69. The number of H-pyrrole nitrogens is 1. The molecule has 0 saturated heterocycles. The fourth-order valence-corrected chi connectivity index (χ4v) is 3.34. The number of anilines is 1. The third kappa shape index (κ3) is 3.85. The van der Waals surface area contributed by atoms with Gasteiger partial charge in [0.15, 0.2) is 0 Å². The van der Waals surface area contributed by atoms with Crippen LogP contribution in [0.2, 0.25) is 0 Å². The fraction of sp³-hybridized carbons (Fsp3) is 0.474. The summed E-state index contributed by atoms with van der Waals surface area (Å²) in [6.07, 6.45) is 4.72. The van der Waals surface area contributed by atoms with Gasteiger partial charge in [0.25, 0.3) is 0 Å². The average molecular weight is 326 g/mol. The summed E-state index contributed by atoms with van der Waals surface area (Å²) < 4.78 is 0. The van der Waals surface area contributed by atoms with Crippen molar-refractivity contribution in [3.63, 3.8) is 0 Å². The number of rotatable bonds is 5. The van der Waals surface area contributed by atoms with Crippen molar-refractivity contribution < 1.29 is 4.79 Å². The molecule has 1 amide bonds. The Morgan fingerprint density at radius 1 is 1.33 bits per heavy atom. The van der Waals surface area contributed by atoms with Gasteiger partial charge in [0, 0.05) is 12.2 Å². The molecule has 2 N–H and O–H groups in total. The van der Waals surface area contributed by atoms with Gasteiger partial charge < -0.3 is 10.2 Å². The van der Waals surface area contributed by atoms with Gasteiger partial charge in [0.05, 0.1) is 17.8 Å². The second kappa shape index (κ2) is 7.18. The first-order valence-corrected chi connectivity index (χ1v) is 8.59. The van der Waals surface area contributed by atoms with Crippen LogP contribution in [0.15, 0.2) is 30.5 Å². The quantitative estimate of drug-likeness (QED) is 0.888. The largest absolute Gasteiger partial charge is 0.326 e. The normalized spacial score (nSPS) is 20.0. The molecule has 1 aromatic heterocycles. The second-order valence-corrected chi connectivity index (χ2v) is 7.15. The van der Waals surface area contributed by atoms with Gasteiger partial charge in [0.2, 0.25) is 5.91 Å². The van der Waals surface area contributed by atoms with Crippen molar-refractivity contribution in [2.75, 3.05) is 26.0 Å². The smallest absolute Gasteiger partial charge is 0.233 e. The van der Waals surface area contributed by atoms with Gasteiger partial charge in [-0.2, -0.15) is 5.10 Å². The van der Waals surface area contributed by atoms with Gasteiger partial charge in [-0.1, -0.05) is 19.1 Å². The number of benzene rings is 1. The van der Waals surface area contributed by atoms with E-state index in [1.807, 2.05) is 18.3 Å². The molecule has 1 aromatic carbocycles. The number of carbonyl (C=O) groups excluding carboxylic acids is 1. The Balaban J connectivity index is 1.65. The monoisotopic (exact) mass is 326 g/mol. The molecular weight excluding hydrogens is 300 g/mol. The molecule has 0 saturated carbocycles. The van der Waals surface area contributed by atoms with Gasteiger partial charge in [-0.25, -0.2) is 0 Å². The first-order chi connectivity index (χ1) is 11.5. The van der Waals surface area contributed by atoms with Crippen molar-refractivity contribution in [1.29, 1.82) is 0 Å². The van der Waals surface area contributed by atoms with Crippen LogP contribution in [0.25, 0.3) is 0 Å². The van der Waals surface area contributed by atoms with E-state index in [0.717, 1.165) is 37.2 Å². The van der Waals surface area contributed by atoms with Crippen LogP contribution < -0.4 is 5.32 Å². The lowest BCUT2D eigenvalue weighted by atomic mass is 9.81. The van der Waals surface area contributed by atoms with Crippen molar-refractivity contribution >= 4 is 11.6 Å². The number of nitrogens with one attached hydrogen (secondary N) is 2. The number of fused-ring (bicyclic) bond motifs is 1. The summed E-state index contributed by atoms with van der Waals surface area (Å²) in [4.78, 5) is 14.9. The summed E-state index contributed by atoms with van der Waals surface area (Å²) >= 11 is 0. The molecule has 1 heterocycles.